The molecule has 2 aliphatic rings. The molecule has 0 bridgehead atoms. The van der Waals surface area contributed by atoms with Gasteiger partial charge in [0.15, 0.2) is 5.11 Å². The Labute approximate surface area is 152 Å². The third kappa shape index (κ3) is 3.41. The quantitative estimate of drug-likeness (QED) is 0.840. The number of aromatic nitrogens is 1. The van der Waals surface area contributed by atoms with Crippen molar-refractivity contribution in [2.45, 2.75) is 44.2 Å². The van der Waals surface area contributed by atoms with Gasteiger partial charge in [-0.3, -0.25) is 0 Å². The van der Waals surface area contributed by atoms with Gasteiger partial charge in [-0.15, -0.1) is 11.3 Å². The molecule has 2 aliphatic heterocycles. The van der Waals surface area contributed by atoms with Crippen molar-refractivity contribution in [3.63, 3.8) is 0 Å². The summed E-state index contributed by atoms with van der Waals surface area (Å²) in [6.07, 6.45) is 6.18. The first-order valence-corrected chi connectivity index (χ1v) is 10.1. The molecule has 2 fully saturated rings. The van der Waals surface area contributed by atoms with Gasteiger partial charge in [0.25, 0.3) is 0 Å². The van der Waals surface area contributed by atoms with Crippen LogP contribution in [0, 0.1) is 0 Å². The number of rotatable bonds is 3. The van der Waals surface area contributed by atoms with E-state index in [0.717, 1.165) is 49.6 Å². The molecule has 6 heteroatoms. The zero-order valence-electron chi connectivity index (χ0n) is 13.7. The summed E-state index contributed by atoms with van der Waals surface area (Å²) in [6, 6.07) is 8.68. The van der Waals surface area contributed by atoms with Crippen molar-refractivity contribution in [1.29, 1.82) is 0 Å². The van der Waals surface area contributed by atoms with E-state index in [1.54, 1.807) is 11.3 Å². The topological polar surface area (TPSA) is 37.4 Å². The highest BCUT2D eigenvalue weighted by Gasteiger charge is 2.29. The number of thiocarbonyl (C=S) groups is 1. The summed E-state index contributed by atoms with van der Waals surface area (Å²) in [6.45, 7) is 2.72. The van der Waals surface area contributed by atoms with Crippen LogP contribution in [0.3, 0.4) is 0 Å². The Balaban J connectivity index is 1.48. The Morgan fingerprint density at radius 3 is 3.04 bits per heavy atom. The van der Waals surface area contributed by atoms with E-state index in [0.29, 0.717) is 12.1 Å². The van der Waals surface area contributed by atoms with Crippen molar-refractivity contribution < 1.29 is 4.74 Å². The highest BCUT2D eigenvalue weighted by Crippen LogP contribution is 2.35. The molecule has 2 atom stereocenters. The molecule has 0 amide bonds. The monoisotopic (exact) mass is 361 g/mol. The van der Waals surface area contributed by atoms with Crippen molar-refractivity contribution in [3.8, 4) is 0 Å². The maximum absolute atomic E-state index is 5.70. The number of ether oxygens (including phenoxy) is 1. The van der Waals surface area contributed by atoms with Gasteiger partial charge in [0.1, 0.15) is 5.01 Å². The number of piperidine rings is 1. The van der Waals surface area contributed by atoms with Gasteiger partial charge in [-0.1, -0.05) is 12.1 Å². The Kier molecular flexibility index (Phi) is 4.96. The minimum atomic E-state index is 0.306. The van der Waals surface area contributed by atoms with Crippen LogP contribution >= 0.6 is 23.6 Å². The minimum absolute atomic E-state index is 0.306. The third-order valence-corrected chi connectivity index (χ3v) is 6.38. The van der Waals surface area contributed by atoms with Crippen LogP contribution < -0.4 is 5.32 Å². The summed E-state index contributed by atoms with van der Waals surface area (Å²) < 4.78 is 6.95. The lowest BCUT2D eigenvalue weighted by Gasteiger charge is -2.36. The first-order chi connectivity index (χ1) is 11.8. The second-order valence-corrected chi connectivity index (χ2v) is 7.99. The van der Waals surface area contributed by atoms with Gasteiger partial charge in [-0.25, -0.2) is 4.98 Å². The zero-order chi connectivity index (χ0) is 16.4. The fourth-order valence-electron chi connectivity index (χ4n) is 3.57. The average Bonchev–Trinajstić information content (AvgIpc) is 3.29. The van der Waals surface area contributed by atoms with Gasteiger partial charge < -0.3 is 15.0 Å². The van der Waals surface area contributed by atoms with Crippen molar-refractivity contribution in [3.05, 3.63) is 29.3 Å². The smallest absolute Gasteiger partial charge is 0.169 e. The number of nitrogens with zero attached hydrogens (tertiary/aromatic N) is 2. The minimum Gasteiger partial charge on any atom is -0.376 e. The number of hydrogen-bond donors (Lipinski definition) is 1. The lowest BCUT2D eigenvalue weighted by molar-refractivity contribution is 0.112. The summed E-state index contributed by atoms with van der Waals surface area (Å²) in [7, 11) is 0. The van der Waals surface area contributed by atoms with E-state index >= 15 is 0 Å². The molecular weight excluding hydrogens is 338 g/mol. The van der Waals surface area contributed by atoms with Crippen molar-refractivity contribution >= 4 is 38.9 Å². The molecule has 0 radical (unpaired) electrons. The van der Waals surface area contributed by atoms with Crippen LogP contribution in [0.1, 0.15) is 43.2 Å². The Morgan fingerprint density at radius 2 is 2.21 bits per heavy atom. The van der Waals surface area contributed by atoms with E-state index in [9.17, 15) is 0 Å². The SMILES string of the molecule is S=C(NC[C@H]1CCCO1)N1CCCC[C@@H]1c1nc2ccccc2s1. The molecule has 0 unspecified atom stereocenters. The van der Waals surface area contributed by atoms with Crippen LogP contribution in [0.4, 0.5) is 0 Å². The highest BCUT2D eigenvalue weighted by molar-refractivity contribution is 7.80. The predicted octanol–water partition coefficient (Wildman–Crippen LogP) is 3.88. The summed E-state index contributed by atoms with van der Waals surface area (Å²) in [5.41, 5.74) is 1.10. The van der Waals surface area contributed by atoms with Crippen LogP contribution in [0.5, 0.6) is 0 Å². The van der Waals surface area contributed by atoms with E-state index in [4.69, 9.17) is 21.9 Å². The number of para-hydroxylation sites is 1. The van der Waals surface area contributed by atoms with E-state index in [2.05, 4.69) is 34.5 Å². The average molecular weight is 362 g/mol. The first kappa shape index (κ1) is 16.2. The van der Waals surface area contributed by atoms with Crippen LogP contribution in [0.25, 0.3) is 10.2 Å². The van der Waals surface area contributed by atoms with E-state index in [-0.39, 0.29) is 0 Å². The van der Waals surface area contributed by atoms with Crippen LogP contribution in [0.15, 0.2) is 24.3 Å². The van der Waals surface area contributed by atoms with Gasteiger partial charge in [0.2, 0.25) is 0 Å². The fraction of sp³-hybridized carbons (Fsp3) is 0.556. The standard InChI is InChI=1S/C18H23N3OS2/c23-18(19-12-13-6-5-11-22-13)21-10-4-3-8-15(21)17-20-14-7-1-2-9-16(14)24-17/h1-2,7,9,13,15H,3-6,8,10-12H2,(H,19,23)/t13-,15-/m1/s1. The normalized spacial score (nSPS) is 24.4. The van der Waals surface area contributed by atoms with Crippen LogP contribution in [-0.2, 0) is 4.74 Å². The summed E-state index contributed by atoms with van der Waals surface area (Å²) in [5.74, 6) is 0. The molecule has 0 spiro atoms. The third-order valence-electron chi connectivity index (χ3n) is 4.86. The Bertz CT molecular complexity index is 678. The van der Waals surface area contributed by atoms with Gasteiger partial charge in [-0.2, -0.15) is 0 Å². The van der Waals surface area contributed by atoms with E-state index in [1.165, 1.54) is 22.5 Å². The maximum Gasteiger partial charge on any atom is 0.169 e. The highest BCUT2D eigenvalue weighted by atomic mass is 32.1. The van der Waals surface area contributed by atoms with Gasteiger partial charge in [0, 0.05) is 19.7 Å². The number of hydrogen-bond acceptors (Lipinski definition) is 4. The molecular formula is C18H23N3OS2. The van der Waals surface area contributed by atoms with Crippen molar-refractivity contribution in [2.24, 2.45) is 0 Å². The lowest BCUT2D eigenvalue weighted by atomic mass is 10.0. The number of thiazole rings is 1. The first-order valence-electron chi connectivity index (χ1n) is 8.83. The number of benzene rings is 1. The van der Waals surface area contributed by atoms with E-state index < -0.39 is 0 Å². The second-order valence-electron chi connectivity index (χ2n) is 6.55. The number of fused-ring (bicyclic) bond motifs is 1. The largest absolute Gasteiger partial charge is 0.376 e. The van der Waals surface area contributed by atoms with E-state index in [1.807, 2.05) is 0 Å². The molecule has 1 N–H and O–H groups in total. The Morgan fingerprint density at radius 1 is 1.29 bits per heavy atom. The van der Waals surface area contributed by atoms with Gasteiger partial charge in [0.05, 0.1) is 22.4 Å². The van der Waals surface area contributed by atoms with Crippen molar-refractivity contribution in [2.75, 3.05) is 19.7 Å². The molecule has 1 aromatic carbocycles. The van der Waals surface area contributed by atoms with Gasteiger partial charge >= 0.3 is 0 Å². The summed E-state index contributed by atoms with van der Waals surface area (Å²) in [5, 5.41) is 5.48. The molecule has 4 nitrogen and oxygen atoms in total. The van der Waals surface area contributed by atoms with Crippen LogP contribution in [0.2, 0.25) is 0 Å². The number of likely N-dealkylation sites (tertiary alicyclic amines) is 1. The van der Waals surface area contributed by atoms with Crippen molar-refractivity contribution in [1.82, 2.24) is 15.2 Å². The second kappa shape index (κ2) is 7.33. The molecule has 24 heavy (non-hydrogen) atoms. The zero-order valence-corrected chi connectivity index (χ0v) is 15.4. The molecule has 2 saturated heterocycles. The van der Waals surface area contributed by atoms with Gasteiger partial charge in [-0.05, 0) is 56.5 Å². The predicted molar refractivity (Wildman–Crippen MR) is 102 cm³/mol. The summed E-state index contributed by atoms with van der Waals surface area (Å²) in [4.78, 5) is 7.21. The molecule has 128 valence electrons. The molecule has 2 aromatic rings. The lowest BCUT2D eigenvalue weighted by Crippen LogP contribution is -2.46. The fourth-order valence-corrected chi connectivity index (χ4v) is 4.99. The maximum atomic E-state index is 5.70. The molecule has 3 heterocycles. The summed E-state index contributed by atoms with van der Waals surface area (Å²) >= 11 is 7.51. The molecule has 4 rings (SSSR count). The molecule has 0 aliphatic carbocycles. The number of nitrogens with one attached hydrogen (secondary N) is 1. The Hall–Kier alpha value is -1.24. The van der Waals surface area contributed by atoms with Crippen LogP contribution in [-0.4, -0.2) is 40.8 Å². The molecule has 1 aromatic heterocycles. The molecule has 0 saturated carbocycles.